The standard InChI is InChI=1S/C23H22ClN3O2/c1-2-27(16-18-6-4-3-5-7-18)20-11-8-17(9-12-20)15-25-26-19-10-13-22(24)21(14-19)23(28)29/h3-15,26H,2,16H2,1H3,(H,28,29)/b25-15+. The maximum absolute atomic E-state index is 11.1. The Labute approximate surface area is 175 Å². The monoisotopic (exact) mass is 407 g/mol. The molecule has 0 atom stereocenters. The zero-order valence-electron chi connectivity index (χ0n) is 16.0. The van der Waals surface area contributed by atoms with Crippen molar-refractivity contribution in [3.63, 3.8) is 0 Å². The molecule has 0 aromatic heterocycles. The molecule has 3 rings (SSSR count). The third-order valence-electron chi connectivity index (χ3n) is 4.46. The van der Waals surface area contributed by atoms with Crippen molar-refractivity contribution in [2.24, 2.45) is 5.10 Å². The summed E-state index contributed by atoms with van der Waals surface area (Å²) in [7, 11) is 0. The van der Waals surface area contributed by atoms with Crippen LogP contribution >= 0.6 is 11.6 Å². The third-order valence-corrected chi connectivity index (χ3v) is 4.79. The average Bonchev–Trinajstić information content (AvgIpc) is 2.74. The minimum atomic E-state index is -1.07. The Kier molecular flexibility index (Phi) is 6.87. The van der Waals surface area contributed by atoms with E-state index in [2.05, 4.69) is 58.7 Å². The van der Waals surface area contributed by atoms with Crippen molar-refractivity contribution in [3.8, 4) is 0 Å². The molecular formula is C23H22ClN3O2. The normalized spacial score (nSPS) is 10.8. The fraction of sp³-hybridized carbons (Fsp3) is 0.130. The first kappa shape index (κ1) is 20.4. The number of halogens is 1. The summed E-state index contributed by atoms with van der Waals surface area (Å²) in [6, 6.07) is 23.2. The molecule has 0 bridgehead atoms. The van der Waals surface area contributed by atoms with E-state index in [-0.39, 0.29) is 10.6 Å². The lowest BCUT2D eigenvalue weighted by molar-refractivity contribution is 0.0697. The average molecular weight is 408 g/mol. The van der Waals surface area contributed by atoms with Crippen LogP contribution in [-0.4, -0.2) is 23.8 Å². The van der Waals surface area contributed by atoms with E-state index in [1.807, 2.05) is 18.2 Å². The van der Waals surface area contributed by atoms with E-state index in [4.69, 9.17) is 16.7 Å². The first-order valence-corrected chi connectivity index (χ1v) is 9.65. The van der Waals surface area contributed by atoms with Gasteiger partial charge in [0.15, 0.2) is 0 Å². The number of hydrogen-bond acceptors (Lipinski definition) is 4. The van der Waals surface area contributed by atoms with E-state index >= 15 is 0 Å². The fourth-order valence-electron chi connectivity index (χ4n) is 2.90. The number of carbonyl (C=O) groups is 1. The molecule has 0 unspecified atom stereocenters. The fourth-order valence-corrected chi connectivity index (χ4v) is 3.10. The van der Waals surface area contributed by atoms with Crippen molar-refractivity contribution < 1.29 is 9.90 Å². The summed E-state index contributed by atoms with van der Waals surface area (Å²) in [5.41, 5.74) is 6.78. The van der Waals surface area contributed by atoms with Gasteiger partial charge in [-0.2, -0.15) is 5.10 Å². The SMILES string of the molecule is CCN(Cc1ccccc1)c1ccc(/C=N/Nc2ccc(Cl)c(C(=O)O)c2)cc1. The number of carboxylic acids is 1. The Bertz CT molecular complexity index is 989. The van der Waals surface area contributed by atoms with Crippen molar-refractivity contribution >= 4 is 35.2 Å². The van der Waals surface area contributed by atoms with Gasteiger partial charge >= 0.3 is 5.97 Å². The molecule has 0 heterocycles. The summed E-state index contributed by atoms with van der Waals surface area (Å²) < 4.78 is 0. The van der Waals surface area contributed by atoms with Gasteiger partial charge in [0.25, 0.3) is 0 Å². The van der Waals surface area contributed by atoms with Gasteiger partial charge in [0.2, 0.25) is 0 Å². The van der Waals surface area contributed by atoms with Crippen LogP contribution in [0.4, 0.5) is 11.4 Å². The summed E-state index contributed by atoms with van der Waals surface area (Å²) in [5, 5.41) is 13.5. The molecule has 3 aromatic rings. The lowest BCUT2D eigenvalue weighted by Gasteiger charge is -2.23. The molecule has 148 valence electrons. The lowest BCUT2D eigenvalue weighted by atomic mass is 10.1. The number of anilines is 2. The van der Waals surface area contributed by atoms with Gasteiger partial charge in [-0.1, -0.05) is 54.1 Å². The second-order valence-corrected chi connectivity index (χ2v) is 6.87. The zero-order valence-corrected chi connectivity index (χ0v) is 16.8. The second kappa shape index (κ2) is 9.75. The van der Waals surface area contributed by atoms with Crippen LogP contribution in [0.15, 0.2) is 77.9 Å². The minimum Gasteiger partial charge on any atom is -0.478 e. The first-order chi connectivity index (χ1) is 14.1. The van der Waals surface area contributed by atoms with E-state index in [1.54, 1.807) is 12.3 Å². The van der Waals surface area contributed by atoms with E-state index in [1.165, 1.54) is 17.7 Å². The van der Waals surface area contributed by atoms with Crippen LogP contribution in [0, 0.1) is 0 Å². The van der Waals surface area contributed by atoms with Crippen LogP contribution in [0.1, 0.15) is 28.4 Å². The van der Waals surface area contributed by atoms with Crippen LogP contribution in [0.5, 0.6) is 0 Å². The van der Waals surface area contributed by atoms with Crippen LogP contribution in [-0.2, 0) is 6.54 Å². The van der Waals surface area contributed by atoms with E-state index in [0.29, 0.717) is 5.69 Å². The van der Waals surface area contributed by atoms with E-state index in [0.717, 1.165) is 24.3 Å². The Hall–Kier alpha value is -3.31. The van der Waals surface area contributed by atoms with E-state index in [9.17, 15) is 4.79 Å². The predicted octanol–water partition coefficient (Wildman–Crippen LogP) is 5.51. The molecule has 2 N–H and O–H groups in total. The molecule has 5 nitrogen and oxygen atoms in total. The Morgan fingerprint density at radius 3 is 2.48 bits per heavy atom. The summed E-state index contributed by atoms with van der Waals surface area (Å²) in [6.45, 7) is 3.90. The maximum Gasteiger partial charge on any atom is 0.337 e. The predicted molar refractivity (Wildman–Crippen MR) is 119 cm³/mol. The highest BCUT2D eigenvalue weighted by atomic mass is 35.5. The Morgan fingerprint density at radius 1 is 1.10 bits per heavy atom. The van der Waals surface area contributed by atoms with Gasteiger partial charge < -0.3 is 10.0 Å². The van der Waals surface area contributed by atoms with Crippen LogP contribution in [0.2, 0.25) is 5.02 Å². The Balaban J connectivity index is 1.64. The molecule has 0 aliphatic rings. The molecular weight excluding hydrogens is 386 g/mol. The molecule has 0 spiro atoms. The van der Waals surface area contributed by atoms with Gasteiger partial charge in [-0.25, -0.2) is 4.79 Å². The number of rotatable bonds is 8. The summed E-state index contributed by atoms with van der Waals surface area (Å²) >= 11 is 5.87. The summed E-state index contributed by atoms with van der Waals surface area (Å²) in [4.78, 5) is 13.4. The Morgan fingerprint density at radius 2 is 1.83 bits per heavy atom. The number of hydrazone groups is 1. The van der Waals surface area contributed by atoms with Crippen molar-refractivity contribution in [2.45, 2.75) is 13.5 Å². The lowest BCUT2D eigenvalue weighted by Crippen LogP contribution is -2.21. The smallest absolute Gasteiger partial charge is 0.337 e. The van der Waals surface area contributed by atoms with Crippen LogP contribution in [0.3, 0.4) is 0 Å². The van der Waals surface area contributed by atoms with Crippen molar-refractivity contribution in [2.75, 3.05) is 16.9 Å². The molecule has 0 radical (unpaired) electrons. The van der Waals surface area contributed by atoms with Crippen LogP contribution < -0.4 is 10.3 Å². The highest BCUT2D eigenvalue weighted by Gasteiger charge is 2.09. The van der Waals surface area contributed by atoms with E-state index < -0.39 is 5.97 Å². The maximum atomic E-state index is 11.1. The molecule has 0 aliphatic heterocycles. The number of carboxylic acid groups (broad SMARTS) is 1. The van der Waals surface area contributed by atoms with Gasteiger partial charge in [-0.15, -0.1) is 0 Å². The van der Waals surface area contributed by atoms with Gasteiger partial charge in [-0.3, -0.25) is 5.43 Å². The van der Waals surface area contributed by atoms with Gasteiger partial charge in [-0.05, 0) is 48.4 Å². The molecule has 6 heteroatoms. The quantitative estimate of drug-likeness (QED) is 0.381. The second-order valence-electron chi connectivity index (χ2n) is 6.46. The molecule has 0 fully saturated rings. The van der Waals surface area contributed by atoms with Crippen molar-refractivity contribution in [3.05, 3.63) is 94.5 Å². The van der Waals surface area contributed by atoms with Gasteiger partial charge in [0, 0.05) is 18.8 Å². The molecule has 0 saturated carbocycles. The molecule has 29 heavy (non-hydrogen) atoms. The van der Waals surface area contributed by atoms with Crippen molar-refractivity contribution in [1.82, 2.24) is 0 Å². The number of nitrogens with zero attached hydrogens (tertiary/aromatic N) is 2. The number of benzene rings is 3. The van der Waals surface area contributed by atoms with Gasteiger partial charge in [0.05, 0.1) is 22.5 Å². The van der Waals surface area contributed by atoms with Crippen molar-refractivity contribution in [1.29, 1.82) is 0 Å². The topological polar surface area (TPSA) is 64.9 Å². The first-order valence-electron chi connectivity index (χ1n) is 9.27. The minimum absolute atomic E-state index is 0.0364. The largest absolute Gasteiger partial charge is 0.478 e. The molecule has 0 aliphatic carbocycles. The highest BCUT2D eigenvalue weighted by Crippen LogP contribution is 2.21. The number of nitrogens with one attached hydrogen (secondary N) is 1. The third kappa shape index (κ3) is 5.59. The van der Waals surface area contributed by atoms with Gasteiger partial charge in [0.1, 0.15) is 0 Å². The molecule has 3 aromatic carbocycles. The molecule has 0 amide bonds. The molecule has 0 saturated heterocycles. The highest BCUT2D eigenvalue weighted by molar-refractivity contribution is 6.33. The summed E-state index contributed by atoms with van der Waals surface area (Å²) in [6.07, 6.45) is 1.69. The number of hydrogen-bond donors (Lipinski definition) is 2. The summed E-state index contributed by atoms with van der Waals surface area (Å²) in [5.74, 6) is -1.07. The van der Waals surface area contributed by atoms with Crippen LogP contribution in [0.25, 0.3) is 0 Å². The number of aromatic carboxylic acids is 1. The zero-order chi connectivity index (χ0) is 20.6.